The van der Waals surface area contributed by atoms with Gasteiger partial charge >= 0.3 is 6.36 Å². The van der Waals surface area contributed by atoms with Crippen LogP contribution in [0.1, 0.15) is 19.7 Å². The maximum Gasteiger partial charge on any atom is 0.522 e. The van der Waals surface area contributed by atoms with Crippen molar-refractivity contribution in [2.45, 2.75) is 33.3 Å². The molecule has 18 heavy (non-hydrogen) atoms. The first-order valence-corrected chi connectivity index (χ1v) is 5.66. The third-order valence-electron chi connectivity index (χ3n) is 2.10. The fourth-order valence-electron chi connectivity index (χ4n) is 1.33. The van der Waals surface area contributed by atoms with Gasteiger partial charge in [-0.2, -0.15) is 5.10 Å². The van der Waals surface area contributed by atoms with Crippen molar-refractivity contribution in [2.24, 2.45) is 5.92 Å². The first kappa shape index (κ1) is 14.9. The standard InChI is InChI=1S/C10H17F3N4O/c1-8(2)5-14-6-9-15-7-16-17(9)3-4-18-10(11,12)13/h7-8,14H,3-6H2,1-2H3. The Morgan fingerprint density at radius 3 is 2.78 bits per heavy atom. The highest BCUT2D eigenvalue weighted by Gasteiger charge is 2.28. The molecule has 1 aromatic rings. The summed E-state index contributed by atoms with van der Waals surface area (Å²) >= 11 is 0. The lowest BCUT2D eigenvalue weighted by Gasteiger charge is -2.10. The van der Waals surface area contributed by atoms with Gasteiger partial charge in [-0.15, -0.1) is 13.2 Å². The van der Waals surface area contributed by atoms with E-state index in [-0.39, 0.29) is 6.54 Å². The topological polar surface area (TPSA) is 52.0 Å². The van der Waals surface area contributed by atoms with Crippen molar-refractivity contribution in [3.63, 3.8) is 0 Å². The van der Waals surface area contributed by atoms with Gasteiger partial charge in [-0.1, -0.05) is 13.8 Å². The molecule has 5 nitrogen and oxygen atoms in total. The highest BCUT2D eigenvalue weighted by Crippen LogP contribution is 2.15. The second kappa shape index (κ2) is 6.69. The molecule has 0 radical (unpaired) electrons. The molecule has 0 spiro atoms. The van der Waals surface area contributed by atoms with Crippen LogP contribution in [0.4, 0.5) is 13.2 Å². The number of aromatic nitrogens is 3. The maximum absolute atomic E-state index is 11.8. The number of nitrogens with one attached hydrogen (secondary N) is 1. The van der Waals surface area contributed by atoms with Gasteiger partial charge < -0.3 is 5.32 Å². The summed E-state index contributed by atoms with van der Waals surface area (Å²) in [5.41, 5.74) is 0. The second-order valence-corrected chi connectivity index (χ2v) is 4.22. The van der Waals surface area contributed by atoms with E-state index >= 15 is 0 Å². The zero-order valence-corrected chi connectivity index (χ0v) is 10.4. The van der Waals surface area contributed by atoms with E-state index in [0.717, 1.165) is 6.54 Å². The molecule has 1 heterocycles. The summed E-state index contributed by atoms with van der Waals surface area (Å²) in [5.74, 6) is 1.09. The van der Waals surface area contributed by atoms with Crippen LogP contribution in [0.2, 0.25) is 0 Å². The van der Waals surface area contributed by atoms with Gasteiger partial charge in [0.2, 0.25) is 0 Å². The smallest absolute Gasteiger partial charge is 0.310 e. The summed E-state index contributed by atoms with van der Waals surface area (Å²) in [5, 5.41) is 7.00. The predicted octanol–water partition coefficient (Wildman–Crippen LogP) is 1.56. The van der Waals surface area contributed by atoms with E-state index in [9.17, 15) is 13.2 Å². The van der Waals surface area contributed by atoms with Crippen LogP contribution >= 0.6 is 0 Å². The lowest BCUT2D eigenvalue weighted by Crippen LogP contribution is -2.23. The van der Waals surface area contributed by atoms with E-state index in [1.807, 2.05) is 0 Å². The number of nitrogens with zero attached hydrogens (tertiary/aromatic N) is 3. The molecule has 1 rings (SSSR count). The van der Waals surface area contributed by atoms with E-state index in [0.29, 0.717) is 18.3 Å². The molecule has 0 aliphatic heterocycles. The van der Waals surface area contributed by atoms with Crippen LogP contribution < -0.4 is 5.32 Å². The van der Waals surface area contributed by atoms with Gasteiger partial charge in [0.05, 0.1) is 19.7 Å². The van der Waals surface area contributed by atoms with Gasteiger partial charge in [-0.05, 0) is 12.5 Å². The molecule has 0 saturated heterocycles. The third-order valence-corrected chi connectivity index (χ3v) is 2.10. The predicted molar refractivity (Wildman–Crippen MR) is 58.6 cm³/mol. The SMILES string of the molecule is CC(C)CNCc1ncnn1CCOC(F)(F)F. The van der Waals surface area contributed by atoms with Crippen LogP contribution in [0, 0.1) is 5.92 Å². The van der Waals surface area contributed by atoms with Crippen molar-refractivity contribution in [3.8, 4) is 0 Å². The summed E-state index contributed by atoms with van der Waals surface area (Å²) < 4.78 is 40.5. The van der Waals surface area contributed by atoms with Crippen molar-refractivity contribution in [1.82, 2.24) is 20.1 Å². The highest BCUT2D eigenvalue weighted by molar-refractivity contribution is 4.83. The van der Waals surface area contributed by atoms with E-state index in [1.54, 1.807) is 0 Å². The molecule has 8 heteroatoms. The zero-order valence-electron chi connectivity index (χ0n) is 10.4. The number of alkyl halides is 3. The van der Waals surface area contributed by atoms with Crippen molar-refractivity contribution in [1.29, 1.82) is 0 Å². The van der Waals surface area contributed by atoms with Crippen molar-refractivity contribution < 1.29 is 17.9 Å². The summed E-state index contributed by atoms with van der Waals surface area (Å²) in [4.78, 5) is 3.98. The zero-order chi connectivity index (χ0) is 13.6. The minimum atomic E-state index is -4.60. The molecule has 0 atom stereocenters. The van der Waals surface area contributed by atoms with Gasteiger partial charge in [-0.3, -0.25) is 4.74 Å². The Hall–Kier alpha value is -1.15. The van der Waals surface area contributed by atoms with Gasteiger partial charge in [0.15, 0.2) is 0 Å². The maximum atomic E-state index is 11.8. The summed E-state index contributed by atoms with van der Waals surface area (Å²) in [6.07, 6.45) is -3.28. The summed E-state index contributed by atoms with van der Waals surface area (Å²) in [6.45, 7) is 4.97. The fourth-order valence-corrected chi connectivity index (χ4v) is 1.33. The molecule has 0 aliphatic rings. The number of halogens is 3. The van der Waals surface area contributed by atoms with Crippen LogP contribution in [-0.2, 0) is 17.8 Å². The molecular formula is C10H17F3N4O. The molecule has 0 saturated carbocycles. The van der Waals surface area contributed by atoms with E-state index in [1.165, 1.54) is 11.0 Å². The van der Waals surface area contributed by atoms with Crippen LogP contribution in [0.3, 0.4) is 0 Å². The Kier molecular flexibility index (Phi) is 5.54. The highest BCUT2D eigenvalue weighted by atomic mass is 19.4. The first-order valence-electron chi connectivity index (χ1n) is 5.66. The van der Waals surface area contributed by atoms with E-state index < -0.39 is 13.0 Å². The Balaban J connectivity index is 2.35. The largest absolute Gasteiger partial charge is 0.522 e. The Bertz CT molecular complexity index is 351. The first-order chi connectivity index (χ1) is 8.38. The number of rotatable bonds is 7. The summed E-state index contributed by atoms with van der Waals surface area (Å²) in [6, 6.07) is 0. The average Bonchev–Trinajstić information content (AvgIpc) is 2.63. The lowest BCUT2D eigenvalue weighted by atomic mass is 10.2. The molecule has 0 amide bonds. The lowest BCUT2D eigenvalue weighted by molar-refractivity contribution is -0.325. The second-order valence-electron chi connectivity index (χ2n) is 4.22. The van der Waals surface area contributed by atoms with Crippen molar-refractivity contribution in [3.05, 3.63) is 12.2 Å². The normalized spacial score (nSPS) is 12.3. The van der Waals surface area contributed by atoms with Gasteiger partial charge in [-0.25, -0.2) is 9.67 Å². The number of hydrogen-bond donors (Lipinski definition) is 1. The molecule has 1 N–H and O–H groups in total. The van der Waals surface area contributed by atoms with Crippen LogP contribution in [-0.4, -0.2) is 34.3 Å². The molecular weight excluding hydrogens is 249 g/mol. The number of ether oxygens (including phenoxy) is 1. The Labute approximate surface area is 103 Å². The van der Waals surface area contributed by atoms with Crippen LogP contribution in [0.5, 0.6) is 0 Å². The van der Waals surface area contributed by atoms with Crippen molar-refractivity contribution in [2.75, 3.05) is 13.2 Å². The molecule has 104 valence electrons. The average molecular weight is 266 g/mol. The molecule has 0 aromatic carbocycles. The van der Waals surface area contributed by atoms with Gasteiger partial charge in [0.1, 0.15) is 12.2 Å². The Morgan fingerprint density at radius 1 is 1.44 bits per heavy atom. The van der Waals surface area contributed by atoms with Crippen molar-refractivity contribution >= 4 is 0 Å². The van der Waals surface area contributed by atoms with Crippen LogP contribution in [0.25, 0.3) is 0 Å². The van der Waals surface area contributed by atoms with Gasteiger partial charge in [0.25, 0.3) is 0 Å². The molecule has 1 aromatic heterocycles. The minimum absolute atomic E-state index is 0.0260. The Morgan fingerprint density at radius 2 is 2.17 bits per heavy atom. The quantitative estimate of drug-likeness (QED) is 0.813. The molecule has 0 aliphatic carbocycles. The fraction of sp³-hybridized carbons (Fsp3) is 0.800. The monoisotopic (exact) mass is 266 g/mol. The van der Waals surface area contributed by atoms with Crippen LogP contribution in [0.15, 0.2) is 6.33 Å². The van der Waals surface area contributed by atoms with E-state index in [2.05, 4.69) is 34.0 Å². The molecule has 0 unspecified atom stereocenters. The minimum Gasteiger partial charge on any atom is -0.310 e. The third kappa shape index (κ3) is 5.97. The summed E-state index contributed by atoms with van der Waals surface area (Å²) in [7, 11) is 0. The van der Waals surface area contributed by atoms with E-state index in [4.69, 9.17) is 0 Å². The molecule has 0 bridgehead atoms. The number of hydrogen-bond acceptors (Lipinski definition) is 4. The van der Waals surface area contributed by atoms with Gasteiger partial charge in [0, 0.05) is 0 Å². The molecule has 0 fully saturated rings.